The number of aromatic amines is 1. The van der Waals surface area contributed by atoms with Crippen molar-refractivity contribution in [1.29, 1.82) is 0 Å². The molecule has 0 spiro atoms. The lowest BCUT2D eigenvalue weighted by molar-refractivity contribution is -0.131. The van der Waals surface area contributed by atoms with Crippen molar-refractivity contribution in [2.75, 3.05) is 5.32 Å². The van der Waals surface area contributed by atoms with E-state index in [9.17, 15) is 14.4 Å². The van der Waals surface area contributed by atoms with Gasteiger partial charge in [-0.15, -0.1) is 0 Å². The molecule has 0 radical (unpaired) electrons. The second-order valence-electron chi connectivity index (χ2n) is 3.64. The van der Waals surface area contributed by atoms with Crippen molar-refractivity contribution in [3.8, 4) is 0 Å². The van der Waals surface area contributed by atoms with Crippen LogP contribution in [0.2, 0.25) is 0 Å². The van der Waals surface area contributed by atoms with E-state index in [4.69, 9.17) is 5.11 Å². The van der Waals surface area contributed by atoms with Crippen molar-refractivity contribution in [1.82, 2.24) is 9.97 Å². The summed E-state index contributed by atoms with van der Waals surface area (Å²) in [5.41, 5.74) is -0.159. The van der Waals surface area contributed by atoms with E-state index in [2.05, 4.69) is 15.3 Å². The quantitative estimate of drug-likeness (QED) is 0.732. The summed E-state index contributed by atoms with van der Waals surface area (Å²) >= 11 is 1.12. The number of amides is 1. The van der Waals surface area contributed by atoms with Gasteiger partial charge in [-0.3, -0.25) is 14.9 Å². The normalized spacial score (nSPS) is 10.6. The highest BCUT2D eigenvalue weighted by atomic mass is 32.1. The van der Waals surface area contributed by atoms with E-state index in [1.807, 2.05) is 0 Å². The minimum Gasteiger partial charge on any atom is -0.478 e. The van der Waals surface area contributed by atoms with Crippen LogP contribution in [0.15, 0.2) is 35.4 Å². The molecular weight excluding hydrogens is 282 g/mol. The van der Waals surface area contributed by atoms with Gasteiger partial charge >= 0.3 is 5.97 Å². The molecule has 0 saturated carbocycles. The second-order valence-corrected chi connectivity index (χ2v) is 4.70. The van der Waals surface area contributed by atoms with Gasteiger partial charge in [0.25, 0.3) is 5.91 Å². The first-order chi connectivity index (χ1) is 9.54. The molecule has 0 unspecified atom stereocenters. The topological polar surface area (TPSA) is 112 Å². The summed E-state index contributed by atoms with van der Waals surface area (Å²) in [6.07, 6.45) is 5.18. The highest BCUT2D eigenvalue weighted by Crippen LogP contribution is 2.19. The summed E-state index contributed by atoms with van der Waals surface area (Å²) in [4.78, 5) is 40.2. The Hall–Kier alpha value is -2.74. The number of nitrogens with one attached hydrogen (secondary N) is 2. The van der Waals surface area contributed by atoms with Crippen molar-refractivity contribution in [2.45, 2.75) is 0 Å². The van der Waals surface area contributed by atoms with Crippen LogP contribution in [-0.2, 0) is 4.79 Å². The van der Waals surface area contributed by atoms with Crippen LogP contribution in [0.4, 0.5) is 5.13 Å². The number of hydrogen-bond donors (Lipinski definition) is 3. The molecule has 0 aliphatic rings. The standard InChI is InChI=1S/C12H9N3O4S/c16-9-5-7(3-4-13-9)11(19)15-12-14-6-8(20-12)1-2-10(17)18/h1-6H,(H,13,16)(H,17,18)(H,14,15,19)/b2-1+. The summed E-state index contributed by atoms with van der Waals surface area (Å²) < 4.78 is 0. The van der Waals surface area contributed by atoms with Crippen molar-refractivity contribution in [3.63, 3.8) is 0 Å². The Morgan fingerprint density at radius 2 is 2.25 bits per heavy atom. The highest BCUT2D eigenvalue weighted by Gasteiger charge is 2.08. The summed E-state index contributed by atoms with van der Waals surface area (Å²) in [7, 11) is 0. The molecule has 1 amide bonds. The van der Waals surface area contributed by atoms with Gasteiger partial charge in [-0.05, 0) is 12.1 Å². The number of H-pyrrole nitrogens is 1. The Morgan fingerprint density at radius 3 is 2.95 bits per heavy atom. The zero-order chi connectivity index (χ0) is 14.5. The van der Waals surface area contributed by atoms with Gasteiger partial charge in [-0.25, -0.2) is 9.78 Å². The molecule has 0 aromatic carbocycles. The first-order valence-corrected chi connectivity index (χ1v) is 6.23. The maximum atomic E-state index is 11.8. The van der Waals surface area contributed by atoms with E-state index in [1.165, 1.54) is 30.6 Å². The molecule has 2 aromatic rings. The lowest BCUT2D eigenvalue weighted by Crippen LogP contribution is -2.15. The van der Waals surface area contributed by atoms with Gasteiger partial charge in [-0.1, -0.05) is 11.3 Å². The first kappa shape index (κ1) is 13.7. The fourth-order valence-electron chi connectivity index (χ4n) is 1.33. The van der Waals surface area contributed by atoms with Crippen LogP contribution in [0.1, 0.15) is 15.2 Å². The number of nitrogens with zero attached hydrogens (tertiary/aromatic N) is 1. The average Bonchev–Trinajstić information content (AvgIpc) is 2.84. The molecule has 102 valence electrons. The van der Waals surface area contributed by atoms with Gasteiger partial charge < -0.3 is 10.1 Å². The number of pyridine rings is 1. The van der Waals surface area contributed by atoms with Crippen LogP contribution < -0.4 is 10.9 Å². The molecule has 0 atom stereocenters. The Kier molecular flexibility index (Phi) is 4.06. The summed E-state index contributed by atoms with van der Waals surface area (Å²) in [6.45, 7) is 0. The maximum absolute atomic E-state index is 11.8. The number of aromatic nitrogens is 2. The molecule has 2 aromatic heterocycles. The van der Waals surface area contributed by atoms with E-state index >= 15 is 0 Å². The number of carbonyl (C=O) groups is 2. The predicted octanol–water partition coefficient (Wildman–Crippen LogP) is 1.18. The van der Waals surface area contributed by atoms with Crippen LogP contribution in [0, 0.1) is 0 Å². The van der Waals surface area contributed by atoms with Crippen LogP contribution in [-0.4, -0.2) is 27.0 Å². The third kappa shape index (κ3) is 3.62. The minimum atomic E-state index is -1.06. The van der Waals surface area contributed by atoms with Gasteiger partial charge in [0.1, 0.15) is 0 Å². The molecule has 3 N–H and O–H groups in total. The molecular formula is C12H9N3O4S. The number of carboxylic acid groups (broad SMARTS) is 1. The lowest BCUT2D eigenvalue weighted by atomic mass is 10.2. The number of aliphatic carboxylic acids is 1. The van der Waals surface area contributed by atoms with Gasteiger partial charge in [-0.2, -0.15) is 0 Å². The molecule has 0 saturated heterocycles. The molecule has 20 heavy (non-hydrogen) atoms. The van der Waals surface area contributed by atoms with Crippen molar-refractivity contribution < 1.29 is 14.7 Å². The number of carboxylic acids is 1. The number of rotatable bonds is 4. The van der Waals surface area contributed by atoms with Crippen molar-refractivity contribution in [3.05, 3.63) is 51.4 Å². The summed E-state index contributed by atoms with van der Waals surface area (Å²) in [6, 6.07) is 2.64. The maximum Gasteiger partial charge on any atom is 0.328 e. The Morgan fingerprint density at radius 1 is 1.45 bits per heavy atom. The number of anilines is 1. The smallest absolute Gasteiger partial charge is 0.328 e. The largest absolute Gasteiger partial charge is 0.478 e. The number of thiazole rings is 1. The van der Waals surface area contributed by atoms with Crippen molar-refractivity contribution >= 4 is 34.4 Å². The molecule has 0 aliphatic heterocycles. The van der Waals surface area contributed by atoms with Gasteiger partial charge in [0.15, 0.2) is 5.13 Å². The van der Waals surface area contributed by atoms with Crippen LogP contribution >= 0.6 is 11.3 Å². The third-order valence-electron chi connectivity index (χ3n) is 2.17. The molecule has 0 aliphatic carbocycles. The molecule has 2 rings (SSSR count). The SMILES string of the molecule is O=C(O)/C=C/c1cnc(NC(=O)c2cc[nH]c(=O)c2)s1. The Bertz CT molecular complexity index is 732. The summed E-state index contributed by atoms with van der Waals surface area (Å²) in [5, 5.41) is 11.3. The van der Waals surface area contributed by atoms with E-state index in [0.717, 1.165) is 17.4 Å². The van der Waals surface area contributed by atoms with E-state index in [-0.39, 0.29) is 11.1 Å². The molecule has 0 bridgehead atoms. The molecule has 8 heteroatoms. The first-order valence-electron chi connectivity index (χ1n) is 5.41. The van der Waals surface area contributed by atoms with Gasteiger partial charge in [0, 0.05) is 35.0 Å². The lowest BCUT2D eigenvalue weighted by Gasteiger charge is -1.99. The van der Waals surface area contributed by atoms with E-state index in [0.29, 0.717) is 10.0 Å². The van der Waals surface area contributed by atoms with Crippen molar-refractivity contribution in [2.24, 2.45) is 0 Å². The third-order valence-corrected chi connectivity index (χ3v) is 3.05. The number of hydrogen-bond acceptors (Lipinski definition) is 5. The minimum absolute atomic E-state index is 0.214. The monoisotopic (exact) mass is 291 g/mol. The van der Waals surface area contributed by atoms with Gasteiger partial charge in [0.05, 0.1) is 0 Å². The predicted molar refractivity (Wildman–Crippen MR) is 73.8 cm³/mol. The van der Waals surface area contributed by atoms with E-state index in [1.54, 1.807) is 0 Å². The Balaban J connectivity index is 2.09. The molecule has 7 nitrogen and oxygen atoms in total. The molecule has 2 heterocycles. The second kappa shape index (κ2) is 5.93. The van der Waals surface area contributed by atoms with Gasteiger partial charge in [0.2, 0.25) is 5.56 Å². The zero-order valence-corrected chi connectivity index (χ0v) is 10.8. The fourth-order valence-corrected chi connectivity index (χ4v) is 2.04. The van der Waals surface area contributed by atoms with Crippen LogP contribution in [0.5, 0.6) is 0 Å². The highest BCUT2D eigenvalue weighted by molar-refractivity contribution is 7.16. The van der Waals surface area contributed by atoms with Crippen LogP contribution in [0.25, 0.3) is 6.08 Å². The number of carbonyl (C=O) groups excluding carboxylic acids is 1. The summed E-state index contributed by atoms with van der Waals surface area (Å²) in [5.74, 6) is -1.52. The van der Waals surface area contributed by atoms with Crippen LogP contribution in [0.3, 0.4) is 0 Å². The molecule has 0 fully saturated rings. The Labute approximate surface area is 116 Å². The zero-order valence-electron chi connectivity index (χ0n) is 9.99. The average molecular weight is 291 g/mol. The fraction of sp³-hybridized carbons (Fsp3) is 0. The van der Waals surface area contributed by atoms with E-state index < -0.39 is 11.9 Å².